The summed E-state index contributed by atoms with van der Waals surface area (Å²) in [5.41, 5.74) is 5.65. The fourth-order valence-electron chi connectivity index (χ4n) is 2.85. The summed E-state index contributed by atoms with van der Waals surface area (Å²) in [6.45, 7) is 4.60. The molecule has 0 saturated carbocycles. The monoisotopic (exact) mass is 407 g/mol. The first-order chi connectivity index (χ1) is 13.5. The first-order valence-electron chi connectivity index (χ1n) is 8.86. The number of hydrogen-bond acceptors (Lipinski definition) is 6. The van der Waals surface area contributed by atoms with Gasteiger partial charge in [-0.05, 0) is 19.9 Å². The Morgan fingerprint density at radius 3 is 2.50 bits per heavy atom. The fraction of sp³-hybridized carbons (Fsp3) is 0.350. The lowest BCUT2D eigenvalue weighted by molar-refractivity contribution is -0.374. The number of aromatic nitrogens is 1. The van der Waals surface area contributed by atoms with E-state index >= 15 is 0 Å². The number of methoxy groups -OCH3 is 1. The second kappa shape index (κ2) is 10.2. The van der Waals surface area contributed by atoms with E-state index in [9.17, 15) is 9.59 Å². The highest BCUT2D eigenvalue weighted by atomic mass is 35.5. The molecule has 0 spiro atoms. The SMILES string of the molecule is CCOC(=O)c1c(COCC[NH3+])nc(C)c(C(=O)OC)c1-c1ccccc1Cl. The smallest absolute Gasteiger partial charge is 0.340 e. The van der Waals surface area contributed by atoms with E-state index in [1.165, 1.54) is 7.11 Å². The average Bonchev–Trinajstić information content (AvgIpc) is 2.67. The van der Waals surface area contributed by atoms with Crippen molar-refractivity contribution in [1.29, 1.82) is 0 Å². The second-order valence-corrected chi connectivity index (χ2v) is 6.27. The highest BCUT2D eigenvalue weighted by Crippen LogP contribution is 2.36. The summed E-state index contributed by atoms with van der Waals surface area (Å²) in [5.74, 6) is -1.22. The van der Waals surface area contributed by atoms with Crippen LogP contribution in [-0.2, 0) is 20.8 Å². The van der Waals surface area contributed by atoms with Gasteiger partial charge in [0.1, 0.15) is 0 Å². The Hall–Kier alpha value is -2.48. The number of carbonyl (C=O) groups excluding carboxylic acids is 2. The minimum absolute atomic E-state index is 0.0728. The van der Waals surface area contributed by atoms with E-state index in [-0.39, 0.29) is 24.3 Å². The number of nitrogens with zero attached hydrogens (tertiary/aromatic N) is 1. The maximum absolute atomic E-state index is 12.9. The topological polar surface area (TPSA) is 102 Å². The second-order valence-electron chi connectivity index (χ2n) is 5.87. The van der Waals surface area contributed by atoms with Crippen molar-refractivity contribution in [2.45, 2.75) is 20.5 Å². The van der Waals surface area contributed by atoms with E-state index in [1.54, 1.807) is 38.1 Å². The van der Waals surface area contributed by atoms with Gasteiger partial charge >= 0.3 is 11.9 Å². The molecule has 2 aromatic rings. The van der Waals surface area contributed by atoms with Crippen LogP contribution in [0.15, 0.2) is 24.3 Å². The van der Waals surface area contributed by atoms with Crippen molar-refractivity contribution in [3.63, 3.8) is 0 Å². The largest absolute Gasteiger partial charge is 0.465 e. The standard InChI is InChI=1S/C20H23ClN2O5/c1-4-28-20(25)18-15(11-27-10-9-22)23-12(2)16(19(24)26-3)17(18)13-7-5-6-8-14(13)21/h5-8H,4,9-11,22H2,1-3H3/p+1. The van der Waals surface area contributed by atoms with Gasteiger partial charge in [0.2, 0.25) is 0 Å². The average molecular weight is 408 g/mol. The molecule has 0 aliphatic carbocycles. The summed E-state index contributed by atoms with van der Waals surface area (Å²) in [6, 6.07) is 6.94. The lowest BCUT2D eigenvalue weighted by Crippen LogP contribution is -2.52. The maximum atomic E-state index is 12.9. The first kappa shape index (κ1) is 21.8. The van der Waals surface area contributed by atoms with E-state index in [0.29, 0.717) is 40.7 Å². The normalized spacial score (nSPS) is 10.6. The minimum atomic E-state index is -0.615. The van der Waals surface area contributed by atoms with Crippen LogP contribution in [0.3, 0.4) is 0 Å². The predicted molar refractivity (Wildman–Crippen MR) is 104 cm³/mol. The van der Waals surface area contributed by atoms with Gasteiger partial charge < -0.3 is 19.9 Å². The van der Waals surface area contributed by atoms with Crippen molar-refractivity contribution < 1.29 is 29.5 Å². The number of ether oxygens (including phenoxy) is 3. The molecule has 0 fully saturated rings. The van der Waals surface area contributed by atoms with Gasteiger partial charge in [0.25, 0.3) is 0 Å². The Morgan fingerprint density at radius 2 is 1.89 bits per heavy atom. The molecule has 2 rings (SSSR count). The molecular weight excluding hydrogens is 384 g/mol. The predicted octanol–water partition coefficient (Wildman–Crippen LogP) is 2.43. The third-order valence-corrected chi connectivity index (χ3v) is 4.32. The van der Waals surface area contributed by atoms with Crippen LogP contribution in [0.2, 0.25) is 5.02 Å². The summed E-state index contributed by atoms with van der Waals surface area (Å²) >= 11 is 6.40. The zero-order valence-corrected chi connectivity index (χ0v) is 17.0. The Morgan fingerprint density at radius 1 is 1.18 bits per heavy atom. The molecule has 0 bridgehead atoms. The number of hydrogen-bond donors (Lipinski definition) is 1. The molecule has 8 heteroatoms. The van der Waals surface area contributed by atoms with Gasteiger partial charge in [-0.15, -0.1) is 0 Å². The third-order valence-electron chi connectivity index (χ3n) is 3.99. The highest BCUT2D eigenvalue weighted by Gasteiger charge is 2.29. The molecule has 150 valence electrons. The molecule has 1 heterocycles. The quantitative estimate of drug-likeness (QED) is 0.532. The number of halogens is 1. The number of aryl methyl sites for hydroxylation is 1. The first-order valence-corrected chi connectivity index (χ1v) is 9.24. The molecule has 0 radical (unpaired) electrons. The van der Waals surface area contributed by atoms with Crippen LogP contribution < -0.4 is 5.73 Å². The van der Waals surface area contributed by atoms with Gasteiger partial charge in [-0.2, -0.15) is 0 Å². The van der Waals surface area contributed by atoms with E-state index in [4.69, 9.17) is 25.8 Å². The molecule has 0 aliphatic heterocycles. The number of esters is 2. The molecule has 1 aromatic heterocycles. The number of rotatable bonds is 8. The van der Waals surface area contributed by atoms with Gasteiger partial charge in [-0.25, -0.2) is 9.59 Å². The highest BCUT2D eigenvalue weighted by molar-refractivity contribution is 6.34. The van der Waals surface area contributed by atoms with Crippen LogP contribution in [-0.4, -0.2) is 43.8 Å². The summed E-state index contributed by atoms with van der Waals surface area (Å²) in [5, 5.41) is 0.383. The molecule has 0 aliphatic rings. The van der Waals surface area contributed by atoms with Crippen molar-refractivity contribution in [3.8, 4) is 11.1 Å². The number of benzene rings is 1. The molecule has 3 N–H and O–H groups in total. The van der Waals surface area contributed by atoms with Crippen LogP contribution in [0.4, 0.5) is 0 Å². The Balaban J connectivity index is 2.86. The molecule has 7 nitrogen and oxygen atoms in total. The lowest BCUT2D eigenvalue weighted by Gasteiger charge is -2.19. The molecule has 0 saturated heterocycles. The molecule has 1 aromatic carbocycles. The zero-order chi connectivity index (χ0) is 20.7. The van der Waals surface area contributed by atoms with Gasteiger partial charge in [0.05, 0.1) is 56.0 Å². The van der Waals surface area contributed by atoms with Crippen molar-refractivity contribution >= 4 is 23.5 Å². The molecule has 0 amide bonds. The summed E-state index contributed by atoms with van der Waals surface area (Å²) < 4.78 is 15.7. The molecule has 28 heavy (non-hydrogen) atoms. The van der Waals surface area contributed by atoms with Crippen molar-refractivity contribution in [3.05, 3.63) is 51.8 Å². The van der Waals surface area contributed by atoms with Crippen LogP contribution in [0.25, 0.3) is 11.1 Å². The van der Waals surface area contributed by atoms with E-state index < -0.39 is 11.9 Å². The Kier molecular flexibility index (Phi) is 7.92. The fourth-order valence-corrected chi connectivity index (χ4v) is 3.08. The number of pyridine rings is 1. The third kappa shape index (κ3) is 4.67. The van der Waals surface area contributed by atoms with Gasteiger partial charge in [-0.3, -0.25) is 4.98 Å². The molecule has 0 unspecified atom stereocenters. The minimum Gasteiger partial charge on any atom is -0.465 e. The Labute approximate surface area is 168 Å². The molecule has 0 atom stereocenters. The molecular formula is C20H24ClN2O5+. The summed E-state index contributed by atoms with van der Waals surface area (Å²) in [7, 11) is 1.27. The van der Waals surface area contributed by atoms with Crippen LogP contribution in [0.5, 0.6) is 0 Å². The maximum Gasteiger partial charge on any atom is 0.340 e. The van der Waals surface area contributed by atoms with E-state index in [2.05, 4.69) is 10.7 Å². The van der Waals surface area contributed by atoms with Crippen molar-refractivity contribution in [1.82, 2.24) is 4.98 Å². The van der Waals surface area contributed by atoms with Crippen LogP contribution in [0, 0.1) is 6.92 Å². The zero-order valence-electron chi connectivity index (χ0n) is 16.2. The number of carbonyl (C=O) groups is 2. The van der Waals surface area contributed by atoms with Crippen molar-refractivity contribution in [2.24, 2.45) is 0 Å². The van der Waals surface area contributed by atoms with E-state index in [0.717, 1.165) is 0 Å². The van der Waals surface area contributed by atoms with Crippen LogP contribution in [0.1, 0.15) is 39.0 Å². The number of quaternary nitrogens is 1. The van der Waals surface area contributed by atoms with E-state index in [1.807, 2.05) is 0 Å². The van der Waals surface area contributed by atoms with Gasteiger partial charge in [0.15, 0.2) is 0 Å². The van der Waals surface area contributed by atoms with Crippen molar-refractivity contribution in [2.75, 3.05) is 26.9 Å². The summed E-state index contributed by atoms with van der Waals surface area (Å²) in [4.78, 5) is 29.8. The van der Waals surface area contributed by atoms with Gasteiger partial charge in [0, 0.05) is 16.1 Å². The Bertz CT molecular complexity index is 870. The van der Waals surface area contributed by atoms with Crippen LogP contribution >= 0.6 is 11.6 Å². The summed E-state index contributed by atoms with van der Waals surface area (Å²) in [6.07, 6.45) is 0. The lowest BCUT2D eigenvalue weighted by atomic mass is 9.92. The van der Waals surface area contributed by atoms with Gasteiger partial charge in [-0.1, -0.05) is 29.8 Å².